The monoisotopic (exact) mass is 681 g/mol. The number of para-hydroxylation sites is 1. The lowest BCUT2D eigenvalue weighted by Gasteiger charge is -2.15. The summed E-state index contributed by atoms with van der Waals surface area (Å²) in [5, 5.41) is 15.9. The molecule has 3 aromatic heterocycles. The molecule has 0 aliphatic carbocycles. The molecule has 0 saturated carbocycles. The van der Waals surface area contributed by atoms with Crippen LogP contribution in [0.2, 0.25) is 0 Å². The first kappa shape index (κ1) is 27.8. The van der Waals surface area contributed by atoms with Crippen molar-refractivity contribution in [2.45, 2.75) is 0 Å². The molecule has 51 heavy (non-hydrogen) atoms. The fraction of sp³-hybridized carbons (Fsp3) is 0. The van der Waals surface area contributed by atoms with Crippen molar-refractivity contribution in [2.24, 2.45) is 0 Å². The molecule has 12 rings (SSSR count). The van der Waals surface area contributed by atoms with Crippen molar-refractivity contribution in [3.05, 3.63) is 164 Å². The highest BCUT2D eigenvalue weighted by atomic mass is 32.1. The molecule has 0 N–H and O–H groups in total. The number of rotatable bonds is 2. The minimum Gasteiger partial charge on any atom is -0.308 e. The van der Waals surface area contributed by atoms with Crippen molar-refractivity contribution in [3.8, 4) is 16.8 Å². The minimum absolute atomic E-state index is 1.18. The maximum Gasteiger partial charge on any atom is 0.0726 e. The fourth-order valence-corrected chi connectivity index (χ4v) is 11.3. The summed E-state index contributed by atoms with van der Waals surface area (Å²) >= 11 is 3.81. The molecule has 0 radical (unpaired) electrons. The van der Waals surface area contributed by atoms with Gasteiger partial charge in [-0.05, 0) is 69.1 Å². The average molecular weight is 682 g/mol. The molecule has 3 heterocycles. The summed E-state index contributed by atoms with van der Waals surface area (Å²) < 4.78 is 7.87. The first-order chi connectivity index (χ1) is 25.3. The van der Waals surface area contributed by atoms with Crippen LogP contribution in [0.3, 0.4) is 0 Å². The van der Waals surface area contributed by atoms with E-state index >= 15 is 0 Å². The van der Waals surface area contributed by atoms with Crippen molar-refractivity contribution < 1.29 is 0 Å². The summed E-state index contributed by atoms with van der Waals surface area (Å²) in [5.41, 5.74) is 6.21. The van der Waals surface area contributed by atoms with Gasteiger partial charge >= 0.3 is 0 Å². The van der Waals surface area contributed by atoms with Crippen LogP contribution in [-0.4, -0.2) is 4.57 Å². The van der Waals surface area contributed by atoms with Gasteiger partial charge in [-0.15, -0.1) is 22.7 Å². The quantitative estimate of drug-likeness (QED) is 0.160. The van der Waals surface area contributed by atoms with E-state index in [-0.39, 0.29) is 0 Å². The van der Waals surface area contributed by atoms with Gasteiger partial charge in [-0.3, -0.25) is 0 Å². The number of thiophene rings is 2. The zero-order chi connectivity index (χ0) is 33.2. The molecular formula is C48H27NS2. The minimum atomic E-state index is 1.18. The molecular weight excluding hydrogens is 655 g/mol. The first-order valence-electron chi connectivity index (χ1n) is 17.4. The van der Waals surface area contributed by atoms with Crippen LogP contribution in [0, 0.1) is 0 Å². The Balaban J connectivity index is 1.30. The molecule has 0 atom stereocenters. The molecule has 0 saturated heterocycles. The maximum atomic E-state index is 2.56. The average Bonchev–Trinajstić information content (AvgIpc) is 3.88. The van der Waals surface area contributed by atoms with Crippen molar-refractivity contribution in [2.75, 3.05) is 0 Å². The van der Waals surface area contributed by atoms with Gasteiger partial charge in [0.2, 0.25) is 0 Å². The van der Waals surface area contributed by atoms with Gasteiger partial charge in [0.05, 0.1) is 15.7 Å². The van der Waals surface area contributed by atoms with E-state index in [0.717, 1.165) is 0 Å². The Morgan fingerprint density at radius 2 is 0.902 bits per heavy atom. The standard InChI is InChI=1S/C48H27NS2/c1-3-17-33-31(15-1)32-16-2-4-18-34(32)44-43(33)45-35-19-5-8-23-38(35)49(47(45)48-46(44)37-21-7-10-25-40(37)51-48)29-14-11-13-28(27-29)30-22-12-26-41-42(30)36-20-6-9-24-39(36)50-41/h1-27H. The molecule has 0 amide bonds. The second-order valence-corrected chi connectivity index (χ2v) is 15.7. The Kier molecular flexibility index (Phi) is 5.59. The van der Waals surface area contributed by atoms with Gasteiger partial charge in [-0.25, -0.2) is 0 Å². The highest BCUT2D eigenvalue weighted by molar-refractivity contribution is 7.27. The van der Waals surface area contributed by atoms with E-state index in [1.807, 2.05) is 22.7 Å². The van der Waals surface area contributed by atoms with E-state index in [1.54, 1.807) is 0 Å². The lowest BCUT2D eigenvalue weighted by atomic mass is 9.89. The number of benzene rings is 9. The Bertz CT molecular complexity index is 3430. The van der Waals surface area contributed by atoms with E-state index in [0.29, 0.717) is 0 Å². The molecule has 0 fully saturated rings. The molecule has 3 heteroatoms. The van der Waals surface area contributed by atoms with E-state index in [4.69, 9.17) is 0 Å². The number of hydrogen-bond acceptors (Lipinski definition) is 2. The van der Waals surface area contributed by atoms with Crippen molar-refractivity contribution in [1.82, 2.24) is 4.57 Å². The molecule has 1 nitrogen and oxygen atoms in total. The third-order valence-electron chi connectivity index (χ3n) is 10.9. The maximum absolute atomic E-state index is 2.56. The molecule has 12 aromatic rings. The third-order valence-corrected chi connectivity index (χ3v) is 13.2. The van der Waals surface area contributed by atoms with Gasteiger partial charge in [-0.1, -0.05) is 127 Å². The molecule has 0 spiro atoms. The number of nitrogens with zero attached hydrogens (tertiary/aromatic N) is 1. The number of hydrogen-bond donors (Lipinski definition) is 0. The lowest BCUT2D eigenvalue weighted by Crippen LogP contribution is -1.95. The third kappa shape index (κ3) is 3.69. The summed E-state index contributed by atoms with van der Waals surface area (Å²) in [6.45, 7) is 0. The SMILES string of the molecule is c1cc(-c2cccc3sc4ccccc4c23)cc(-n2c3ccccc3c3c4c5ccccc5c5ccccc5c4c4c5ccccc5sc4c32)c1. The molecule has 236 valence electrons. The van der Waals surface area contributed by atoms with E-state index in [9.17, 15) is 0 Å². The second kappa shape index (κ2) is 10.3. The van der Waals surface area contributed by atoms with Gasteiger partial charge in [0, 0.05) is 62.9 Å². The van der Waals surface area contributed by atoms with Crippen LogP contribution >= 0.6 is 22.7 Å². The van der Waals surface area contributed by atoms with E-state index in [1.165, 1.54) is 111 Å². The van der Waals surface area contributed by atoms with Gasteiger partial charge in [-0.2, -0.15) is 0 Å². The Morgan fingerprint density at radius 3 is 1.65 bits per heavy atom. The summed E-state index contributed by atoms with van der Waals surface area (Å²) in [5.74, 6) is 0. The molecule has 0 unspecified atom stereocenters. The van der Waals surface area contributed by atoms with Crippen LogP contribution < -0.4 is 0 Å². The highest BCUT2D eigenvalue weighted by Crippen LogP contribution is 2.52. The molecule has 0 aliphatic heterocycles. The zero-order valence-electron chi connectivity index (χ0n) is 27.4. The Hall–Kier alpha value is -6.00. The summed E-state index contributed by atoms with van der Waals surface area (Å²) in [4.78, 5) is 0. The van der Waals surface area contributed by atoms with Gasteiger partial charge in [0.1, 0.15) is 0 Å². The van der Waals surface area contributed by atoms with Crippen LogP contribution in [0.25, 0.3) is 111 Å². The predicted octanol–water partition coefficient (Wildman–Crippen LogP) is 14.6. The predicted molar refractivity (Wildman–Crippen MR) is 225 cm³/mol. The number of aromatic nitrogens is 1. The largest absolute Gasteiger partial charge is 0.308 e. The van der Waals surface area contributed by atoms with Crippen LogP contribution in [0.1, 0.15) is 0 Å². The van der Waals surface area contributed by atoms with Crippen molar-refractivity contribution >= 4 is 117 Å². The number of fused-ring (bicyclic) bond motifs is 18. The molecule has 0 bridgehead atoms. The Morgan fingerprint density at radius 1 is 0.353 bits per heavy atom. The lowest BCUT2D eigenvalue weighted by molar-refractivity contribution is 1.19. The van der Waals surface area contributed by atoms with Crippen LogP contribution in [0.15, 0.2) is 164 Å². The van der Waals surface area contributed by atoms with Gasteiger partial charge in [0.15, 0.2) is 0 Å². The van der Waals surface area contributed by atoms with Crippen LogP contribution in [-0.2, 0) is 0 Å². The highest BCUT2D eigenvalue weighted by Gasteiger charge is 2.25. The normalized spacial score (nSPS) is 12.3. The molecule has 9 aromatic carbocycles. The summed E-state index contributed by atoms with van der Waals surface area (Å²) in [6, 6.07) is 60.9. The van der Waals surface area contributed by atoms with Gasteiger partial charge < -0.3 is 4.57 Å². The van der Waals surface area contributed by atoms with Gasteiger partial charge in [0.25, 0.3) is 0 Å². The second-order valence-electron chi connectivity index (χ2n) is 13.5. The summed E-state index contributed by atoms with van der Waals surface area (Å²) in [7, 11) is 0. The van der Waals surface area contributed by atoms with Crippen molar-refractivity contribution in [1.29, 1.82) is 0 Å². The van der Waals surface area contributed by atoms with Crippen molar-refractivity contribution in [3.63, 3.8) is 0 Å². The summed E-state index contributed by atoms with van der Waals surface area (Å²) in [6.07, 6.45) is 0. The fourth-order valence-electron chi connectivity index (χ4n) is 8.92. The smallest absolute Gasteiger partial charge is 0.0726 e. The van der Waals surface area contributed by atoms with E-state index < -0.39 is 0 Å². The first-order valence-corrected chi connectivity index (χ1v) is 19.1. The zero-order valence-corrected chi connectivity index (χ0v) is 29.0. The van der Waals surface area contributed by atoms with Crippen LogP contribution in [0.4, 0.5) is 0 Å². The Labute approximate surface area is 300 Å². The van der Waals surface area contributed by atoms with Crippen LogP contribution in [0.5, 0.6) is 0 Å². The molecule has 0 aliphatic rings. The topological polar surface area (TPSA) is 4.93 Å². The van der Waals surface area contributed by atoms with E-state index in [2.05, 4.69) is 168 Å².